The topological polar surface area (TPSA) is 46.4 Å². The van der Waals surface area contributed by atoms with Gasteiger partial charge in [-0.2, -0.15) is 5.10 Å². The minimum atomic E-state index is 0.704. The van der Waals surface area contributed by atoms with E-state index in [0.717, 1.165) is 63.9 Å². The Balaban J connectivity index is 1.76. The van der Waals surface area contributed by atoms with Crippen molar-refractivity contribution in [2.24, 2.45) is 5.92 Å². The molecule has 0 atom stereocenters. The standard InChI is InChI=1S/C21H31N5O/c1-16(2)7-11-25-9-5-10-26-21(25)19(17(3)23-26)18-6-4-8-22-20(18)24-12-14-27-15-13-24/h4,6,8,16H,5,7,9-15H2,1-3H3. The second-order valence-corrected chi connectivity index (χ2v) is 8.00. The van der Waals surface area contributed by atoms with Crippen LogP contribution in [0.15, 0.2) is 18.3 Å². The summed E-state index contributed by atoms with van der Waals surface area (Å²) in [5.41, 5.74) is 3.56. The molecule has 0 aromatic carbocycles. The molecular formula is C21H31N5O. The molecule has 1 fully saturated rings. The first kappa shape index (κ1) is 18.3. The molecule has 2 aliphatic heterocycles. The normalized spacial score (nSPS) is 17.5. The smallest absolute Gasteiger partial charge is 0.136 e. The van der Waals surface area contributed by atoms with Crippen molar-refractivity contribution in [2.75, 3.05) is 49.2 Å². The van der Waals surface area contributed by atoms with E-state index in [-0.39, 0.29) is 0 Å². The Morgan fingerprint density at radius 2 is 1.96 bits per heavy atom. The molecule has 2 aliphatic rings. The highest BCUT2D eigenvalue weighted by atomic mass is 16.5. The molecule has 2 aromatic heterocycles. The maximum absolute atomic E-state index is 5.54. The van der Waals surface area contributed by atoms with E-state index < -0.39 is 0 Å². The molecule has 146 valence electrons. The van der Waals surface area contributed by atoms with Crippen molar-refractivity contribution < 1.29 is 4.74 Å². The van der Waals surface area contributed by atoms with Crippen molar-refractivity contribution in [2.45, 2.75) is 40.2 Å². The van der Waals surface area contributed by atoms with Gasteiger partial charge in [-0.25, -0.2) is 9.67 Å². The van der Waals surface area contributed by atoms with Crippen LogP contribution in [0.3, 0.4) is 0 Å². The third kappa shape index (κ3) is 3.68. The molecule has 27 heavy (non-hydrogen) atoms. The Kier molecular flexibility index (Phi) is 5.34. The maximum Gasteiger partial charge on any atom is 0.136 e. The highest BCUT2D eigenvalue weighted by molar-refractivity contribution is 5.86. The first-order chi connectivity index (χ1) is 13.1. The summed E-state index contributed by atoms with van der Waals surface area (Å²) in [4.78, 5) is 9.65. The number of fused-ring (bicyclic) bond motifs is 1. The number of hydrogen-bond acceptors (Lipinski definition) is 5. The van der Waals surface area contributed by atoms with Gasteiger partial charge in [-0.15, -0.1) is 0 Å². The van der Waals surface area contributed by atoms with Gasteiger partial charge < -0.3 is 14.5 Å². The van der Waals surface area contributed by atoms with E-state index in [9.17, 15) is 0 Å². The van der Waals surface area contributed by atoms with Crippen LogP contribution >= 0.6 is 0 Å². The fourth-order valence-electron chi connectivity index (χ4n) is 4.13. The van der Waals surface area contributed by atoms with E-state index in [1.165, 1.54) is 23.4 Å². The van der Waals surface area contributed by atoms with Crippen LogP contribution in [-0.2, 0) is 11.3 Å². The lowest BCUT2D eigenvalue weighted by atomic mass is 10.0. The van der Waals surface area contributed by atoms with E-state index in [1.54, 1.807) is 0 Å². The van der Waals surface area contributed by atoms with Crippen LogP contribution in [0, 0.1) is 12.8 Å². The molecule has 0 amide bonds. The summed E-state index contributed by atoms with van der Waals surface area (Å²) >= 11 is 0. The summed E-state index contributed by atoms with van der Waals surface area (Å²) < 4.78 is 7.76. The van der Waals surface area contributed by atoms with E-state index >= 15 is 0 Å². The summed E-state index contributed by atoms with van der Waals surface area (Å²) in [6.07, 6.45) is 4.26. The molecular weight excluding hydrogens is 338 g/mol. The number of ether oxygens (including phenoxy) is 1. The van der Waals surface area contributed by atoms with Crippen molar-refractivity contribution in [1.29, 1.82) is 0 Å². The van der Waals surface area contributed by atoms with Crippen molar-refractivity contribution in [3.05, 3.63) is 24.0 Å². The Morgan fingerprint density at radius 3 is 2.74 bits per heavy atom. The van der Waals surface area contributed by atoms with Crippen LogP contribution in [0.5, 0.6) is 0 Å². The second kappa shape index (κ2) is 7.89. The number of aromatic nitrogens is 3. The zero-order valence-electron chi connectivity index (χ0n) is 16.8. The molecule has 1 saturated heterocycles. The van der Waals surface area contributed by atoms with Crippen LogP contribution in [0.1, 0.15) is 32.4 Å². The largest absolute Gasteiger partial charge is 0.378 e. The van der Waals surface area contributed by atoms with Crippen molar-refractivity contribution in [1.82, 2.24) is 14.8 Å². The predicted molar refractivity (Wildman–Crippen MR) is 110 cm³/mol. The fraction of sp³-hybridized carbons (Fsp3) is 0.619. The Morgan fingerprint density at radius 1 is 1.15 bits per heavy atom. The molecule has 0 N–H and O–H groups in total. The van der Waals surface area contributed by atoms with Crippen molar-refractivity contribution >= 4 is 11.6 Å². The number of morpholine rings is 1. The molecule has 6 nitrogen and oxygen atoms in total. The predicted octanol–water partition coefficient (Wildman–Crippen LogP) is 3.35. The van der Waals surface area contributed by atoms with Gasteiger partial charge in [-0.1, -0.05) is 13.8 Å². The molecule has 0 aliphatic carbocycles. The number of pyridine rings is 1. The number of hydrogen-bond donors (Lipinski definition) is 0. The summed E-state index contributed by atoms with van der Waals surface area (Å²) in [6.45, 7) is 13.2. The van der Waals surface area contributed by atoms with Crippen LogP contribution < -0.4 is 9.80 Å². The molecule has 2 aromatic rings. The van der Waals surface area contributed by atoms with Gasteiger partial charge >= 0.3 is 0 Å². The highest BCUT2D eigenvalue weighted by Gasteiger charge is 2.28. The minimum absolute atomic E-state index is 0.704. The van der Waals surface area contributed by atoms with E-state index in [2.05, 4.69) is 41.3 Å². The van der Waals surface area contributed by atoms with Crippen LogP contribution in [0.25, 0.3) is 11.1 Å². The zero-order chi connectivity index (χ0) is 18.8. The van der Waals surface area contributed by atoms with Gasteiger partial charge in [-0.05, 0) is 37.8 Å². The quantitative estimate of drug-likeness (QED) is 0.809. The molecule has 0 radical (unpaired) electrons. The third-order valence-corrected chi connectivity index (χ3v) is 5.54. The summed E-state index contributed by atoms with van der Waals surface area (Å²) in [6, 6.07) is 4.25. The van der Waals surface area contributed by atoms with E-state index in [1.807, 2.05) is 12.3 Å². The fourth-order valence-corrected chi connectivity index (χ4v) is 4.13. The van der Waals surface area contributed by atoms with Crippen LogP contribution in [0.4, 0.5) is 11.6 Å². The molecule has 6 heteroatoms. The summed E-state index contributed by atoms with van der Waals surface area (Å²) in [5.74, 6) is 3.05. The van der Waals surface area contributed by atoms with Crippen LogP contribution in [-0.4, -0.2) is 54.2 Å². The molecule has 0 bridgehead atoms. The Labute approximate surface area is 162 Å². The average Bonchev–Trinajstić information content (AvgIpc) is 3.03. The number of rotatable bonds is 5. The zero-order valence-corrected chi connectivity index (χ0v) is 16.8. The van der Waals surface area contributed by atoms with E-state index in [0.29, 0.717) is 5.92 Å². The molecule has 4 rings (SSSR count). The van der Waals surface area contributed by atoms with Gasteiger partial charge in [0, 0.05) is 44.5 Å². The number of aryl methyl sites for hydroxylation is 2. The summed E-state index contributed by atoms with van der Waals surface area (Å²) in [5, 5.41) is 4.90. The third-order valence-electron chi connectivity index (χ3n) is 5.54. The summed E-state index contributed by atoms with van der Waals surface area (Å²) in [7, 11) is 0. The lowest BCUT2D eigenvalue weighted by molar-refractivity contribution is 0.122. The van der Waals surface area contributed by atoms with Gasteiger partial charge in [0.2, 0.25) is 0 Å². The van der Waals surface area contributed by atoms with Gasteiger partial charge in [0.25, 0.3) is 0 Å². The van der Waals surface area contributed by atoms with Gasteiger partial charge in [-0.3, -0.25) is 0 Å². The first-order valence-corrected chi connectivity index (χ1v) is 10.3. The minimum Gasteiger partial charge on any atom is -0.378 e. The van der Waals surface area contributed by atoms with Crippen molar-refractivity contribution in [3.8, 4) is 11.1 Å². The Hall–Kier alpha value is -2.08. The van der Waals surface area contributed by atoms with E-state index in [4.69, 9.17) is 14.8 Å². The molecule has 4 heterocycles. The molecule has 0 spiro atoms. The van der Waals surface area contributed by atoms with Gasteiger partial charge in [0.15, 0.2) is 0 Å². The maximum atomic E-state index is 5.54. The SMILES string of the molecule is Cc1nn2c(c1-c1cccnc1N1CCOCC1)N(CCC(C)C)CCC2. The molecule has 0 unspecified atom stereocenters. The number of nitrogens with zero attached hydrogens (tertiary/aromatic N) is 5. The van der Waals surface area contributed by atoms with Gasteiger partial charge in [0.05, 0.1) is 24.5 Å². The highest BCUT2D eigenvalue weighted by Crippen LogP contribution is 2.40. The molecule has 0 saturated carbocycles. The van der Waals surface area contributed by atoms with Gasteiger partial charge in [0.1, 0.15) is 11.6 Å². The monoisotopic (exact) mass is 369 g/mol. The second-order valence-electron chi connectivity index (χ2n) is 8.00. The van der Waals surface area contributed by atoms with Crippen LogP contribution in [0.2, 0.25) is 0 Å². The average molecular weight is 370 g/mol. The lowest BCUT2D eigenvalue weighted by Crippen LogP contribution is -2.37. The lowest BCUT2D eigenvalue weighted by Gasteiger charge is -2.33. The number of anilines is 2. The Bertz CT molecular complexity index is 779. The first-order valence-electron chi connectivity index (χ1n) is 10.3. The van der Waals surface area contributed by atoms with Crippen molar-refractivity contribution in [3.63, 3.8) is 0 Å².